The SMILES string of the molecule is Cn1c(CCCC(=O)OCCN2CCNCC2)nc2cc(N(CCCl)CCCl)ccc21. The Hall–Kier alpha value is -1.54. The van der Waals surface area contributed by atoms with Crippen LogP contribution in [0.2, 0.25) is 0 Å². The quantitative estimate of drug-likeness (QED) is 0.380. The molecule has 1 N–H and O–H groups in total. The van der Waals surface area contributed by atoms with Crippen LogP contribution in [0.1, 0.15) is 18.7 Å². The molecule has 0 amide bonds. The van der Waals surface area contributed by atoms with Crippen molar-refractivity contribution in [2.45, 2.75) is 19.3 Å². The number of esters is 1. The molecule has 0 atom stereocenters. The van der Waals surface area contributed by atoms with Crippen LogP contribution in [-0.4, -0.2) is 84.6 Å². The number of nitrogens with one attached hydrogen (secondary N) is 1. The second-order valence-electron chi connectivity index (χ2n) is 7.79. The van der Waals surface area contributed by atoms with Crippen LogP contribution in [0.15, 0.2) is 18.2 Å². The highest BCUT2D eigenvalue weighted by atomic mass is 35.5. The van der Waals surface area contributed by atoms with Gasteiger partial charge < -0.3 is 19.5 Å². The van der Waals surface area contributed by atoms with E-state index in [1.165, 1.54) is 0 Å². The van der Waals surface area contributed by atoms with Crippen molar-refractivity contribution in [1.29, 1.82) is 0 Å². The van der Waals surface area contributed by atoms with Gasteiger partial charge in [0.05, 0.1) is 11.0 Å². The zero-order valence-corrected chi connectivity index (χ0v) is 19.8. The predicted molar refractivity (Wildman–Crippen MR) is 128 cm³/mol. The van der Waals surface area contributed by atoms with Crippen molar-refractivity contribution in [1.82, 2.24) is 19.8 Å². The van der Waals surface area contributed by atoms with Crippen molar-refractivity contribution in [3.05, 3.63) is 24.0 Å². The van der Waals surface area contributed by atoms with Crippen LogP contribution in [0.5, 0.6) is 0 Å². The predicted octanol–water partition coefficient (Wildman–Crippen LogP) is 2.63. The molecule has 7 nitrogen and oxygen atoms in total. The Balaban J connectivity index is 1.49. The van der Waals surface area contributed by atoms with Gasteiger partial charge in [0, 0.05) is 83.2 Å². The highest BCUT2D eigenvalue weighted by Crippen LogP contribution is 2.23. The van der Waals surface area contributed by atoms with E-state index in [0.717, 1.165) is 81.2 Å². The fourth-order valence-corrected chi connectivity index (χ4v) is 4.33. The summed E-state index contributed by atoms with van der Waals surface area (Å²) in [5.41, 5.74) is 3.10. The number of ether oxygens (including phenoxy) is 1. The fourth-order valence-electron chi connectivity index (χ4n) is 3.92. The number of piperazine rings is 1. The second kappa shape index (κ2) is 12.5. The highest BCUT2D eigenvalue weighted by molar-refractivity contribution is 6.18. The first-order valence-corrected chi connectivity index (χ1v) is 12.1. The average Bonchev–Trinajstić information content (AvgIpc) is 3.09. The molecule has 1 aromatic heterocycles. The van der Waals surface area contributed by atoms with Crippen LogP contribution in [0, 0.1) is 0 Å². The van der Waals surface area contributed by atoms with Gasteiger partial charge in [-0.15, -0.1) is 23.2 Å². The number of halogens is 2. The van der Waals surface area contributed by atoms with Gasteiger partial charge in [0.1, 0.15) is 12.4 Å². The third-order valence-electron chi connectivity index (χ3n) is 5.69. The van der Waals surface area contributed by atoms with Gasteiger partial charge in [0.2, 0.25) is 0 Å². The van der Waals surface area contributed by atoms with Crippen LogP contribution in [0.25, 0.3) is 11.0 Å². The number of nitrogens with zero attached hydrogens (tertiary/aromatic N) is 4. The number of alkyl halides is 2. The van der Waals surface area contributed by atoms with Gasteiger partial charge in [-0.05, 0) is 24.6 Å². The van der Waals surface area contributed by atoms with E-state index < -0.39 is 0 Å². The number of imidazole rings is 1. The molecule has 1 fully saturated rings. The van der Waals surface area contributed by atoms with Crippen molar-refractivity contribution in [3.63, 3.8) is 0 Å². The van der Waals surface area contributed by atoms with E-state index in [9.17, 15) is 4.79 Å². The number of aryl methyl sites for hydroxylation is 2. The number of hydrogen-bond donors (Lipinski definition) is 1. The number of carbonyl (C=O) groups is 1. The first kappa shape index (κ1) is 24.1. The molecule has 9 heteroatoms. The van der Waals surface area contributed by atoms with E-state index in [2.05, 4.69) is 37.9 Å². The zero-order chi connectivity index (χ0) is 22.1. The molecule has 0 saturated carbocycles. The molecular formula is C22H33Cl2N5O2. The van der Waals surface area contributed by atoms with Gasteiger partial charge >= 0.3 is 5.97 Å². The minimum Gasteiger partial charge on any atom is -0.464 e. The van der Waals surface area contributed by atoms with E-state index in [-0.39, 0.29) is 5.97 Å². The van der Waals surface area contributed by atoms with Gasteiger partial charge in [-0.2, -0.15) is 0 Å². The van der Waals surface area contributed by atoms with E-state index in [0.29, 0.717) is 24.8 Å². The molecule has 0 unspecified atom stereocenters. The van der Waals surface area contributed by atoms with Crippen LogP contribution in [-0.2, 0) is 23.0 Å². The third kappa shape index (κ3) is 6.97. The van der Waals surface area contributed by atoms with E-state index in [4.69, 9.17) is 32.9 Å². The summed E-state index contributed by atoms with van der Waals surface area (Å²) in [5.74, 6) is 1.94. The molecule has 0 bridgehead atoms. The number of aromatic nitrogens is 2. The molecule has 3 rings (SSSR count). The Morgan fingerprint density at radius 2 is 1.97 bits per heavy atom. The van der Waals surface area contributed by atoms with Crippen LogP contribution in [0.4, 0.5) is 5.69 Å². The Labute approximate surface area is 194 Å². The van der Waals surface area contributed by atoms with Crippen LogP contribution >= 0.6 is 23.2 Å². The fraction of sp³-hybridized carbons (Fsp3) is 0.636. The van der Waals surface area contributed by atoms with Crippen molar-refractivity contribution < 1.29 is 9.53 Å². The molecule has 31 heavy (non-hydrogen) atoms. The number of benzene rings is 1. The maximum Gasteiger partial charge on any atom is 0.305 e. The summed E-state index contributed by atoms with van der Waals surface area (Å²) >= 11 is 11.9. The summed E-state index contributed by atoms with van der Waals surface area (Å²) in [6.07, 6.45) is 1.87. The Bertz CT molecular complexity index is 833. The van der Waals surface area contributed by atoms with Crippen LogP contribution < -0.4 is 10.2 Å². The molecule has 2 aromatic rings. The smallest absolute Gasteiger partial charge is 0.305 e. The largest absolute Gasteiger partial charge is 0.464 e. The third-order valence-corrected chi connectivity index (χ3v) is 6.03. The lowest BCUT2D eigenvalue weighted by Gasteiger charge is -2.26. The second-order valence-corrected chi connectivity index (χ2v) is 8.55. The lowest BCUT2D eigenvalue weighted by atomic mass is 10.2. The van der Waals surface area contributed by atoms with E-state index in [1.807, 2.05) is 7.05 Å². The molecule has 1 aliphatic heterocycles. The number of fused-ring (bicyclic) bond motifs is 1. The molecular weight excluding hydrogens is 437 g/mol. The monoisotopic (exact) mass is 469 g/mol. The normalized spacial score (nSPS) is 14.8. The topological polar surface area (TPSA) is 62.6 Å². The molecule has 0 radical (unpaired) electrons. The van der Waals surface area contributed by atoms with Crippen LogP contribution in [0.3, 0.4) is 0 Å². The van der Waals surface area contributed by atoms with Crippen molar-refractivity contribution in [2.24, 2.45) is 7.05 Å². The Morgan fingerprint density at radius 3 is 2.68 bits per heavy atom. The zero-order valence-electron chi connectivity index (χ0n) is 18.3. The number of hydrogen-bond acceptors (Lipinski definition) is 6. The summed E-state index contributed by atoms with van der Waals surface area (Å²) in [5, 5.41) is 3.32. The van der Waals surface area contributed by atoms with Gasteiger partial charge in [-0.1, -0.05) is 0 Å². The average molecular weight is 470 g/mol. The highest BCUT2D eigenvalue weighted by Gasteiger charge is 2.13. The molecule has 172 valence electrons. The van der Waals surface area contributed by atoms with Gasteiger partial charge in [-0.3, -0.25) is 9.69 Å². The first-order valence-electron chi connectivity index (χ1n) is 11.0. The number of carbonyl (C=O) groups excluding carboxylic acids is 1. The summed E-state index contributed by atoms with van der Waals surface area (Å²) in [4.78, 5) is 21.4. The summed E-state index contributed by atoms with van der Waals surface area (Å²) in [6.45, 7) is 6.81. The Morgan fingerprint density at radius 1 is 1.23 bits per heavy atom. The minimum atomic E-state index is -0.131. The summed E-state index contributed by atoms with van der Waals surface area (Å²) < 4.78 is 7.50. The lowest BCUT2D eigenvalue weighted by Crippen LogP contribution is -2.44. The van der Waals surface area contributed by atoms with E-state index in [1.54, 1.807) is 0 Å². The molecule has 2 heterocycles. The van der Waals surface area contributed by atoms with Crippen molar-refractivity contribution in [3.8, 4) is 0 Å². The molecule has 1 aliphatic rings. The molecule has 0 aliphatic carbocycles. The molecule has 1 saturated heterocycles. The maximum absolute atomic E-state index is 12.1. The lowest BCUT2D eigenvalue weighted by molar-refractivity contribution is -0.144. The Kier molecular flexibility index (Phi) is 9.71. The number of anilines is 1. The maximum atomic E-state index is 12.1. The summed E-state index contributed by atoms with van der Waals surface area (Å²) in [6, 6.07) is 6.26. The number of rotatable bonds is 12. The standard InChI is InChI=1S/C22H33Cl2N5O2/c1-27-20-6-5-18(29(11-7-23)12-8-24)17-19(20)26-21(27)3-2-4-22(30)31-16-15-28-13-9-25-10-14-28/h5-6,17,25H,2-4,7-16H2,1H3. The van der Waals surface area contributed by atoms with Crippen molar-refractivity contribution in [2.75, 3.05) is 69.1 Å². The minimum absolute atomic E-state index is 0.131. The first-order chi connectivity index (χ1) is 15.1. The summed E-state index contributed by atoms with van der Waals surface area (Å²) in [7, 11) is 2.02. The van der Waals surface area contributed by atoms with Crippen molar-refractivity contribution >= 4 is 45.9 Å². The van der Waals surface area contributed by atoms with E-state index >= 15 is 0 Å². The van der Waals surface area contributed by atoms with Gasteiger partial charge in [-0.25, -0.2) is 4.98 Å². The van der Waals surface area contributed by atoms with Gasteiger partial charge in [0.15, 0.2) is 0 Å². The van der Waals surface area contributed by atoms with Gasteiger partial charge in [0.25, 0.3) is 0 Å². The molecule has 1 aromatic carbocycles. The molecule has 0 spiro atoms.